The average molecular weight is 336 g/mol. The Labute approximate surface area is 124 Å². The van der Waals surface area contributed by atoms with Gasteiger partial charge in [-0.15, -0.1) is 0 Å². The second-order valence-corrected chi connectivity index (χ2v) is 4.94. The van der Waals surface area contributed by atoms with Crippen LogP contribution in [-0.4, -0.2) is 5.11 Å². The van der Waals surface area contributed by atoms with Gasteiger partial charge in [0.05, 0.1) is 12.2 Å². The summed E-state index contributed by atoms with van der Waals surface area (Å²) in [6.07, 6.45) is 0. The summed E-state index contributed by atoms with van der Waals surface area (Å²) in [7, 11) is 0. The van der Waals surface area contributed by atoms with Crippen molar-refractivity contribution in [3.8, 4) is 11.8 Å². The first-order valence-electron chi connectivity index (χ1n) is 5.85. The van der Waals surface area contributed by atoms with Gasteiger partial charge in [-0.3, -0.25) is 0 Å². The molecule has 0 radical (unpaired) electrons. The van der Waals surface area contributed by atoms with E-state index in [2.05, 4.69) is 15.9 Å². The first-order valence-corrected chi connectivity index (χ1v) is 6.64. The number of nitriles is 1. The summed E-state index contributed by atoms with van der Waals surface area (Å²) in [6, 6.07) is 11.5. The number of aliphatic hydroxyl groups is 1. The molecule has 0 aromatic heterocycles. The number of benzene rings is 2. The van der Waals surface area contributed by atoms with E-state index < -0.39 is 5.82 Å². The zero-order valence-corrected chi connectivity index (χ0v) is 12.0. The Balaban J connectivity index is 2.15. The summed E-state index contributed by atoms with van der Waals surface area (Å²) in [5, 5.41) is 17.9. The Morgan fingerprint density at radius 2 is 2.05 bits per heavy atom. The molecule has 2 aromatic rings. The molecule has 3 nitrogen and oxygen atoms in total. The summed E-state index contributed by atoms with van der Waals surface area (Å²) in [4.78, 5) is 0. The molecule has 0 aliphatic rings. The van der Waals surface area contributed by atoms with Gasteiger partial charge in [0, 0.05) is 10.0 Å². The van der Waals surface area contributed by atoms with E-state index in [0.29, 0.717) is 16.9 Å². The summed E-state index contributed by atoms with van der Waals surface area (Å²) < 4.78 is 20.1. The molecule has 0 bridgehead atoms. The van der Waals surface area contributed by atoms with E-state index in [0.717, 1.165) is 4.47 Å². The highest BCUT2D eigenvalue weighted by Gasteiger charge is 2.08. The Bertz CT molecular complexity index is 667. The Morgan fingerprint density at radius 1 is 1.25 bits per heavy atom. The first-order chi connectivity index (χ1) is 9.65. The monoisotopic (exact) mass is 335 g/mol. The van der Waals surface area contributed by atoms with Gasteiger partial charge in [-0.05, 0) is 29.8 Å². The molecule has 0 saturated heterocycles. The summed E-state index contributed by atoms with van der Waals surface area (Å²) in [5.74, 6) is -0.0338. The zero-order valence-electron chi connectivity index (χ0n) is 10.4. The van der Waals surface area contributed by atoms with Crippen molar-refractivity contribution in [1.29, 1.82) is 5.26 Å². The molecule has 0 fully saturated rings. The minimum atomic E-state index is -0.561. The molecule has 1 N–H and O–H groups in total. The van der Waals surface area contributed by atoms with Gasteiger partial charge in [0.15, 0.2) is 0 Å². The Kier molecular flexibility index (Phi) is 4.72. The van der Waals surface area contributed by atoms with Gasteiger partial charge in [0.25, 0.3) is 0 Å². The second kappa shape index (κ2) is 6.51. The molecular formula is C15H11BrFNO2. The van der Waals surface area contributed by atoms with Crippen LogP contribution in [0.15, 0.2) is 40.9 Å². The highest BCUT2D eigenvalue weighted by Crippen LogP contribution is 2.23. The van der Waals surface area contributed by atoms with Gasteiger partial charge in [-0.1, -0.05) is 28.1 Å². The van der Waals surface area contributed by atoms with Crippen molar-refractivity contribution < 1.29 is 14.2 Å². The average Bonchev–Trinajstić information content (AvgIpc) is 2.47. The van der Waals surface area contributed by atoms with Gasteiger partial charge in [0.1, 0.15) is 24.2 Å². The van der Waals surface area contributed by atoms with Gasteiger partial charge < -0.3 is 9.84 Å². The van der Waals surface area contributed by atoms with Gasteiger partial charge in [-0.25, -0.2) is 4.39 Å². The van der Waals surface area contributed by atoms with E-state index in [1.54, 1.807) is 36.4 Å². The number of halogens is 2. The van der Waals surface area contributed by atoms with Crippen molar-refractivity contribution >= 4 is 15.9 Å². The van der Waals surface area contributed by atoms with E-state index in [4.69, 9.17) is 15.1 Å². The maximum Gasteiger partial charge on any atom is 0.147 e. The molecule has 0 spiro atoms. The topological polar surface area (TPSA) is 53.2 Å². The van der Waals surface area contributed by atoms with E-state index >= 15 is 0 Å². The Morgan fingerprint density at radius 3 is 2.75 bits per heavy atom. The van der Waals surface area contributed by atoms with Gasteiger partial charge in [0.2, 0.25) is 0 Å². The summed E-state index contributed by atoms with van der Waals surface area (Å²) in [5.41, 5.74) is 1.00. The number of rotatable bonds is 4. The molecule has 20 heavy (non-hydrogen) atoms. The highest BCUT2D eigenvalue weighted by molar-refractivity contribution is 9.10. The highest BCUT2D eigenvalue weighted by atomic mass is 79.9. The van der Waals surface area contributed by atoms with Crippen LogP contribution in [0.5, 0.6) is 5.75 Å². The summed E-state index contributed by atoms with van der Waals surface area (Å²) >= 11 is 3.31. The van der Waals surface area contributed by atoms with Crippen LogP contribution in [-0.2, 0) is 13.2 Å². The smallest absolute Gasteiger partial charge is 0.147 e. The van der Waals surface area contributed by atoms with Crippen molar-refractivity contribution in [3.05, 3.63) is 63.4 Å². The van der Waals surface area contributed by atoms with E-state index in [9.17, 15) is 4.39 Å². The third kappa shape index (κ3) is 3.16. The molecule has 0 saturated carbocycles. The summed E-state index contributed by atoms with van der Waals surface area (Å²) in [6.45, 7) is -0.0933. The van der Waals surface area contributed by atoms with Crippen LogP contribution >= 0.6 is 15.9 Å². The van der Waals surface area contributed by atoms with Crippen molar-refractivity contribution in [2.24, 2.45) is 0 Å². The van der Waals surface area contributed by atoms with E-state index in [1.165, 1.54) is 6.07 Å². The van der Waals surface area contributed by atoms with E-state index in [1.807, 2.05) is 0 Å². The van der Waals surface area contributed by atoms with Crippen LogP contribution in [0.25, 0.3) is 0 Å². The third-order valence-corrected chi connectivity index (χ3v) is 3.55. The predicted molar refractivity (Wildman–Crippen MR) is 75.5 cm³/mol. The van der Waals surface area contributed by atoms with Crippen LogP contribution in [0, 0.1) is 17.1 Å². The second-order valence-electron chi connectivity index (χ2n) is 4.09. The molecule has 0 aliphatic carbocycles. The maximum atomic E-state index is 13.8. The molecule has 5 heteroatoms. The lowest BCUT2D eigenvalue weighted by Crippen LogP contribution is -2.00. The minimum absolute atomic E-state index is 0.00190. The van der Waals surface area contributed by atoms with Crippen molar-refractivity contribution in [2.45, 2.75) is 13.2 Å². The molecule has 0 amide bonds. The third-order valence-electron chi connectivity index (χ3n) is 2.78. The molecule has 0 aliphatic heterocycles. The number of hydrogen-bond acceptors (Lipinski definition) is 3. The van der Waals surface area contributed by atoms with Gasteiger partial charge in [-0.2, -0.15) is 5.26 Å². The molecule has 102 valence electrons. The van der Waals surface area contributed by atoms with Crippen LogP contribution in [0.3, 0.4) is 0 Å². The van der Waals surface area contributed by atoms with Crippen LogP contribution < -0.4 is 4.74 Å². The largest absolute Gasteiger partial charge is 0.489 e. The fourth-order valence-electron chi connectivity index (χ4n) is 1.70. The maximum absolute atomic E-state index is 13.8. The minimum Gasteiger partial charge on any atom is -0.489 e. The SMILES string of the molecule is N#Cc1cccc(COc2ccc(Br)c(CO)c2)c1F. The zero-order chi connectivity index (χ0) is 14.5. The lowest BCUT2D eigenvalue weighted by Gasteiger charge is -2.09. The quantitative estimate of drug-likeness (QED) is 0.929. The van der Waals surface area contributed by atoms with Crippen LogP contribution in [0.4, 0.5) is 4.39 Å². The standard InChI is InChI=1S/C15H11BrFNO2/c16-14-5-4-13(6-12(14)8-19)20-9-11-3-1-2-10(7-18)15(11)17/h1-6,19H,8-9H2. The fraction of sp³-hybridized carbons (Fsp3) is 0.133. The van der Waals surface area contributed by atoms with Crippen molar-refractivity contribution in [3.63, 3.8) is 0 Å². The number of nitrogens with zero attached hydrogens (tertiary/aromatic N) is 1. The molecule has 0 unspecified atom stereocenters. The number of ether oxygens (including phenoxy) is 1. The predicted octanol–water partition coefficient (Wildman–Crippen LogP) is 3.53. The van der Waals surface area contributed by atoms with Gasteiger partial charge >= 0.3 is 0 Å². The lowest BCUT2D eigenvalue weighted by molar-refractivity contribution is 0.276. The number of hydrogen-bond donors (Lipinski definition) is 1. The molecule has 2 aromatic carbocycles. The Hall–Kier alpha value is -1.90. The van der Waals surface area contributed by atoms with Crippen LogP contribution in [0.2, 0.25) is 0 Å². The molecular weight excluding hydrogens is 325 g/mol. The molecule has 0 heterocycles. The molecule has 2 rings (SSSR count). The van der Waals surface area contributed by atoms with Crippen molar-refractivity contribution in [1.82, 2.24) is 0 Å². The van der Waals surface area contributed by atoms with Crippen molar-refractivity contribution in [2.75, 3.05) is 0 Å². The van der Waals surface area contributed by atoms with Crippen LogP contribution in [0.1, 0.15) is 16.7 Å². The normalized spacial score (nSPS) is 10.1. The van der Waals surface area contributed by atoms with E-state index in [-0.39, 0.29) is 18.8 Å². The first kappa shape index (κ1) is 14.5. The lowest BCUT2D eigenvalue weighted by atomic mass is 10.1. The fourth-order valence-corrected chi connectivity index (χ4v) is 2.07. The number of aliphatic hydroxyl groups excluding tert-OH is 1. The molecule has 0 atom stereocenters.